The molecule has 0 radical (unpaired) electrons. The quantitative estimate of drug-likeness (QED) is 0.890. The van der Waals surface area contributed by atoms with E-state index in [4.69, 9.17) is 0 Å². The second-order valence-electron chi connectivity index (χ2n) is 3.87. The zero-order valence-corrected chi connectivity index (χ0v) is 10.2. The number of hydrogen-bond acceptors (Lipinski definition) is 1. The van der Waals surface area contributed by atoms with E-state index in [2.05, 4.69) is 5.32 Å². The molecule has 2 amide bonds. The van der Waals surface area contributed by atoms with Crippen LogP contribution < -0.4 is 5.32 Å². The fourth-order valence-corrected chi connectivity index (χ4v) is 1.31. The minimum absolute atomic E-state index is 0.0765. The van der Waals surface area contributed by atoms with E-state index in [1.165, 1.54) is 11.0 Å². The van der Waals surface area contributed by atoms with Gasteiger partial charge in [0.25, 0.3) is 0 Å². The summed E-state index contributed by atoms with van der Waals surface area (Å²) in [6.45, 7) is 2.42. The molecule has 0 saturated carbocycles. The molecular formula is C12H15F3N2O. The van der Waals surface area contributed by atoms with Crippen molar-refractivity contribution in [2.24, 2.45) is 0 Å². The van der Waals surface area contributed by atoms with Gasteiger partial charge in [0.05, 0.1) is 5.56 Å². The maximum atomic E-state index is 12.5. The summed E-state index contributed by atoms with van der Waals surface area (Å²) < 4.78 is 37.4. The van der Waals surface area contributed by atoms with Crippen molar-refractivity contribution in [3.05, 3.63) is 35.4 Å². The van der Waals surface area contributed by atoms with Crippen molar-refractivity contribution in [2.45, 2.75) is 19.6 Å². The van der Waals surface area contributed by atoms with Crippen LogP contribution in [0.4, 0.5) is 18.0 Å². The Morgan fingerprint density at radius 2 is 2.06 bits per heavy atom. The second kappa shape index (κ2) is 5.75. The monoisotopic (exact) mass is 260 g/mol. The van der Waals surface area contributed by atoms with Crippen LogP contribution in [0.15, 0.2) is 24.3 Å². The first-order chi connectivity index (χ1) is 8.34. The van der Waals surface area contributed by atoms with Gasteiger partial charge in [-0.2, -0.15) is 13.2 Å². The molecule has 0 aliphatic heterocycles. The van der Waals surface area contributed by atoms with Crippen LogP contribution in [-0.4, -0.2) is 24.5 Å². The van der Waals surface area contributed by atoms with Crippen LogP contribution in [0, 0.1) is 0 Å². The first kappa shape index (κ1) is 14.3. The zero-order valence-electron chi connectivity index (χ0n) is 10.2. The molecule has 0 unspecified atom stereocenters. The molecule has 0 aliphatic carbocycles. The molecule has 1 N–H and O–H groups in total. The number of carbonyl (C=O) groups is 1. The molecular weight excluding hydrogens is 245 g/mol. The molecule has 0 aromatic heterocycles. The maximum Gasteiger partial charge on any atom is 0.416 e. The van der Waals surface area contributed by atoms with E-state index >= 15 is 0 Å². The zero-order chi connectivity index (χ0) is 13.8. The van der Waals surface area contributed by atoms with Crippen molar-refractivity contribution in [2.75, 3.05) is 13.6 Å². The maximum absolute atomic E-state index is 12.5. The first-order valence-electron chi connectivity index (χ1n) is 5.49. The summed E-state index contributed by atoms with van der Waals surface area (Å²) in [5, 5.41) is 2.55. The van der Waals surface area contributed by atoms with Crippen LogP contribution in [0.5, 0.6) is 0 Å². The summed E-state index contributed by atoms with van der Waals surface area (Å²) in [4.78, 5) is 12.9. The number of hydrogen-bond donors (Lipinski definition) is 1. The van der Waals surface area contributed by atoms with Crippen molar-refractivity contribution in [3.8, 4) is 0 Å². The third-order valence-electron chi connectivity index (χ3n) is 2.52. The molecule has 100 valence electrons. The molecule has 0 saturated heterocycles. The molecule has 1 aromatic carbocycles. The molecule has 0 aliphatic rings. The van der Waals surface area contributed by atoms with Gasteiger partial charge in [0, 0.05) is 20.1 Å². The molecule has 0 atom stereocenters. The van der Waals surface area contributed by atoms with E-state index in [0.717, 1.165) is 12.1 Å². The lowest BCUT2D eigenvalue weighted by atomic mass is 10.1. The summed E-state index contributed by atoms with van der Waals surface area (Å²) >= 11 is 0. The predicted molar refractivity (Wildman–Crippen MR) is 62.0 cm³/mol. The van der Waals surface area contributed by atoms with Crippen LogP contribution in [-0.2, 0) is 12.7 Å². The Morgan fingerprint density at radius 1 is 1.39 bits per heavy atom. The average molecular weight is 260 g/mol. The fourth-order valence-electron chi connectivity index (χ4n) is 1.31. The van der Waals surface area contributed by atoms with Crippen molar-refractivity contribution in [1.82, 2.24) is 10.2 Å². The van der Waals surface area contributed by atoms with Gasteiger partial charge in [-0.1, -0.05) is 12.1 Å². The second-order valence-corrected chi connectivity index (χ2v) is 3.87. The van der Waals surface area contributed by atoms with Gasteiger partial charge in [-0.25, -0.2) is 4.79 Å². The van der Waals surface area contributed by atoms with E-state index in [-0.39, 0.29) is 12.6 Å². The number of rotatable bonds is 3. The highest BCUT2D eigenvalue weighted by atomic mass is 19.4. The Labute approximate surface area is 104 Å². The van der Waals surface area contributed by atoms with Gasteiger partial charge in [-0.15, -0.1) is 0 Å². The Kier molecular flexibility index (Phi) is 4.58. The Balaban J connectivity index is 2.66. The summed E-state index contributed by atoms with van der Waals surface area (Å²) in [7, 11) is 1.61. The highest BCUT2D eigenvalue weighted by Gasteiger charge is 2.30. The Morgan fingerprint density at radius 3 is 2.61 bits per heavy atom. The lowest BCUT2D eigenvalue weighted by molar-refractivity contribution is -0.137. The highest BCUT2D eigenvalue weighted by molar-refractivity contribution is 5.73. The molecule has 0 spiro atoms. The van der Waals surface area contributed by atoms with Gasteiger partial charge in [0.15, 0.2) is 0 Å². The standard InChI is InChI=1S/C12H15F3N2O/c1-3-17(2)11(18)16-8-9-5-4-6-10(7-9)12(13,14)15/h4-7H,3,8H2,1-2H3,(H,16,18). The number of urea groups is 1. The molecule has 0 bridgehead atoms. The van der Waals surface area contributed by atoms with E-state index in [0.29, 0.717) is 12.1 Å². The predicted octanol–water partition coefficient (Wildman–Crippen LogP) is 2.87. The van der Waals surface area contributed by atoms with Crippen LogP contribution in [0.1, 0.15) is 18.1 Å². The molecule has 18 heavy (non-hydrogen) atoms. The van der Waals surface area contributed by atoms with Gasteiger partial charge < -0.3 is 10.2 Å². The molecule has 1 rings (SSSR count). The molecule has 3 nitrogen and oxygen atoms in total. The summed E-state index contributed by atoms with van der Waals surface area (Å²) in [6.07, 6.45) is -4.36. The number of nitrogens with one attached hydrogen (secondary N) is 1. The summed E-state index contributed by atoms with van der Waals surface area (Å²) in [5.41, 5.74) is -0.291. The molecule has 0 fully saturated rings. The van der Waals surface area contributed by atoms with Crippen LogP contribution in [0.25, 0.3) is 0 Å². The third-order valence-corrected chi connectivity index (χ3v) is 2.52. The van der Waals surface area contributed by atoms with E-state index in [1.54, 1.807) is 13.1 Å². The number of amides is 2. The Hall–Kier alpha value is -1.72. The molecule has 0 heterocycles. The minimum atomic E-state index is -4.36. The number of alkyl halides is 3. The molecule has 1 aromatic rings. The topological polar surface area (TPSA) is 32.3 Å². The van der Waals surface area contributed by atoms with Crippen LogP contribution in [0.3, 0.4) is 0 Å². The lowest BCUT2D eigenvalue weighted by Crippen LogP contribution is -2.36. The lowest BCUT2D eigenvalue weighted by Gasteiger charge is -2.16. The van der Waals surface area contributed by atoms with E-state index < -0.39 is 11.7 Å². The fraction of sp³-hybridized carbons (Fsp3) is 0.417. The third kappa shape index (κ3) is 3.94. The van der Waals surface area contributed by atoms with Crippen molar-refractivity contribution < 1.29 is 18.0 Å². The minimum Gasteiger partial charge on any atom is -0.334 e. The number of halogens is 3. The summed E-state index contributed by atoms with van der Waals surface area (Å²) in [5.74, 6) is 0. The van der Waals surface area contributed by atoms with Crippen molar-refractivity contribution in [1.29, 1.82) is 0 Å². The largest absolute Gasteiger partial charge is 0.416 e. The van der Waals surface area contributed by atoms with E-state index in [1.807, 2.05) is 6.92 Å². The summed E-state index contributed by atoms with van der Waals surface area (Å²) in [6, 6.07) is 4.60. The van der Waals surface area contributed by atoms with Gasteiger partial charge in [0.1, 0.15) is 0 Å². The highest BCUT2D eigenvalue weighted by Crippen LogP contribution is 2.29. The Bertz CT molecular complexity index is 418. The van der Waals surface area contributed by atoms with Crippen LogP contribution >= 0.6 is 0 Å². The van der Waals surface area contributed by atoms with E-state index in [9.17, 15) is 18.0 Å². The number of nitrogens with zero attached hydrogens (tertiary/aromatic N) is 1. The molecule has 6 heteroatoms. The van der Waals surface area contributed by atoms with Gasteiger partial charge in [-0.05, 0) is 24.6 Å². The van der Waals surface area contributed by atoms with Crippen molar-refractivity contribution >= 4 is 6.03 Å². The van der Waals surface area contributed by atoms with Crippen LogP contribution in [0.2, 0.25) is 0 Å². The first-order valence-corrected chi connectivity index (χ1v) is 5.49. The number of benzene rings is 1. The van der Waals surface area contributed by atoms with Gasteiger partial charge in [0.2, 0.25) is 0 Å². The average Bonchev–Trinajstić information content (AvgIpc) is 2.34. The smallest absolute Gasteiger partial charge is 0.334 e. The van der Waals surface area contributed by atoms with Gasteiger partial charge in [-0.3, -0.25) is 0 Å². The van der Waals surface area contributed by atoms with Gasteiger partial charge >= 0.3 is 12.2 Å². The number of carbonyl (C=O) groups excluding carboxylic acids is 1. The normalized spacial score (nSPS) is 11.2. The van der Waals surface area contributed by atoms with Crippen molar-refractivity contribution in [3.63, 3.8) is 0 Å². The SMILES string of the molecule is CCN(C)C(=O)NCc1cccc(C(F)(F)F)c1.